The Bertz CT molecular complexity index is 1320. The van der Waals surface area contributed by atoms with Gasteiger partial charge in [-0.05, 0) is 71.5 Å². The van der Waals surface area contributed by atoms with E-state index in [-0.39, 0.29) is 11.7 Å². The number of esters is 1. The summed E-state index contributed by atoms with van der Waals surface area (Å²) in [4.78, 5) is 25.6. The lowest BCUT2D eigenvalue weighted by Crippen LogP contribution is -2.10. The van der Waals surface area contributed by atoms with Gasteiger partial charge in [-0.15, -0.1) is 0 Å². The number of aryl methyl sites for hydroxylation is 1. The van der Waals surface area contributed by atoms with Crippen LogP contribution < -0.4 is 4.74 Å². The second-order valence-electron chi connectivity index (χ2n) is 10.2. The monoisotopic (exact) mass is 518 g/mol. The van der Waals surface area contributed by atoms with Crippen LogP contribution in [0.3, 0.4) is 0 Å². The van der Waals surface area contributed by atoms with Crippen LogP contribution in [0.25, 0.3) is 11.1 Å². The lowest BCUT2D eigenvalue weighted by Gasteiger charge is -2.11. The average Bonchev–Trinajstić information content (AvgIpc) is 2.99. The van der Waals surface area contributed by atoms with Gasteiger partial charge >= 0.3 is 5.97 Å². The number of hydrogen-bond acceptors (Lipinski definition) is 3. The minimum Gasteiger partial charge on any atom is -0.423 e. The van der Waals surface area contributed by atoms with E-state index in [1.54, 1.807) is 36.4 Å². The van der Waals surface area contributed by atoms with Gasteiger partial charge < -0.3 is 4.74 Å². The summed E-state index contributed by atoms with van der Waals surface area (Å²) < 4.78 is 5.56. The van der Waals surface area contributed by atoms with Gasteiger partial charge in [0.2, 0.25) is 0 Å². The van der Waals surface area contributed by atoms with E-state index in [1.165, 1.54) is 44.1 Å². The Morgan fingerprint density at radius 2 is 1.21 bits per heavy atom. The van der Waals surface area contributed by atoms with Crippen molar-refractivity contribution in [1.29, 1.82) is 0 Å². The summed E-state index contributed by atoms with van der Waals surface area (Å²) in [5, 5.41) is 0. The Morgan fingerprint density at radius 1 is 0.641 bits per heavy atom. The molecule has 0 bridgehead atoms. The summed E-state index contributed by atoms with van der Waals surface area (Å²) >= 11 is 0. The minimum absolute atomic E-state index is 0.0325. The Morgan fingerprint density at radius 3 is 1.85 bits per heavy atom. The molecule has 0 aliphatic carbocycles. The van der Waals surface area contributed by atoms with Crippen LogP contribution in [-0.4, -0.2) is 11.8 Å². The maximum atomic E-state index is 12.9. The number of benzene rings is 4. The van der Waals surface area contributed by atoms with Crippen molar-refractivity contribution in [2.75, 3.05) is 0 Å². The van der Waals surface area contributed by atoms with E-state index in [4.69, 9.17) is 4.74 Å². The first kappa shape index (κ1) is 28.0. The lowest BCUT2D eigenvalue weighted by molar-refractivity contribution is 0.0734. The fourth-order valence-electron chi connectivity index (χ4n) is 4.77. The number of ether oxygens (including phenoxy) is 1. The third-order valence-corrected chi connectivity index (χ3v) is 7.27. The fraction of sp³-hybridized carbons (Fsp3) is 0.278. The van der Waals surface area contributed by atoms with E-state index in [2.05, 4.69) is 31.2 Å². The molecule has 4 aromatic rings. The van der Waals surface area contributed by atoms with Crippen molar-refractivity contribution < 1.29 is 14.3 Å². The molecule has 1 atom stereocenters. The van der Waals surface area contributed by atoms with Crippen LogP contribution in [0.2, 0.25) is 0 Å². The molecule has 0 aliphatic rings. The summed E-state index contributed by atoms with van der Waals surface area (Å²) in [7, 11) is 0. The van der Waals surface area contributed by atoms with Crippen molar-refractivity contribution >= 4 is 11.8 Å². The number of carbonyl (C=O) groups excluding carboxylic acids is 2. The van der Waals surface area contributed by atoms with Crippen LogP contribution in [-0.2, 0) is 6.42 Å². The van der Waals surface area contributed by atoms with Crippen LogP contribution in [0.5, 0.6) is 5.75 Å². The van der Waals surface area contributed by atoms with Gasteiger partial charge in [0.25, 0.3) is 0 Å². The van der Waals surface area contributed by atoms with Crippen molar-refractivity contribution in [3.8, 4) is 16.9 Å². The lowest BCUT2D eigenvalue weighted by atomic mass is 9.92. The van der Waals surface area contributed by atoms with Crippen molar-refractivity contribution in [1.82, 2.24) is 0 Å². The molecule has 4 aromatic carbocycles. The van der Waals surface area contributed by atoms with Crippen molar-refractivity contribution in [2.45, 2.75) is 64.7 Å². The van der Waals surface area contributed by atoms with E-state index in [9.17, 15) is 9.59 Å². The van der Waals surface area contributed by atoms with E-state index in [0.29, 0.717) is 16.9 Å². The first-order valence-corrected chi connectivity index (χ1v) is 14.2. The maximum absolute atomic E-state index is 12.9. The zero-order valence-electron chi connectivity index (χ0n) is 23.1. The Kier molecular flexibility index (Phi) is 10.2. The molecule has 0 amide bonds. The predicted octanol–water partition coefficient (Wildman–Crippen LogP) is 9.46. The number of Topliss-reactive ketones (excluding diaryl/α,β-unsaturated/α-hetero) is 1. The number of hydrogen-bond donors (Lipinski definition) is 0. The third-order valence-electron chi connectivity index (χ3n) is 7.27. The number of carbonyl (C=O) groups is 2. The Balaban J connectivity index is 1.29. The predicted molar refractivity (Wildman–Crippen MR) is 160 cm³/mol. The van der Waals surface area contributed by atoms with E-state index >= 15 is 0 Å². The highest BCUT2D eigenvalue weighted by molar-refractivity contribution is 6.01. The van der Waals surface area contributed by atoms with Crippen LogP contribution in [0.15, 0.2) is 103 Å². The highest BCUT2D eigenvalue weighted by atomic mass is 16.5. The smallest absolute Gasteiger partial charge is 0.343 e. The van der Waals surface area contributed by atoms with Gasteiger partial charge in [-0.3, -0.25) is 4.79 Å². The SMILES string of the molecule is CCCCCCCCc1ccc(-c2ccc(C(=O)Oc3ccc(C(=O)C(C)c4ccccc4)cc3)cc2)cc1. The standard InChI is InChI=1S/C36H38O3/c1-3-4-5-6-7-9-12-28-15-17-30(18-16-28)31-19-21-33(22-20-31)36(38)39-34-25-23-32(24-26-34)35(37)27(2)29-13-10-8-11-14-29/h8,10-11,13-27H,3-7,9,12H2,1-2H3. The van der Waals surface area contributed by atoms with E-state index < -0.39 is 5.97 Å². The first-order valence-electron chi connectivity index (χ1n) is 14.2. The largest absolute Gasteiger partial charge is 0.423 e. The topological polar surface area (TPSA) is 43.4 Å². The quantitative estimate of drug-likeness (QED) is 0.0766. The minimum atomic E-state index is -0.424. The Hall–Kier alpha value is -3.98. The molecule has 0 aromatic heterocycles. The van der Waals surface area contributed by atoms with Crippen LogP contribution in [0, 0.1) is 0 Å². The molecule has 1 unspecified atom stereocenters. The fourth-order valence-corrected chi connectivity index (χ4v) is 4.77. The molecule has 0 N–H and O–H groups in total. The summed E-state index contributed by atoms with van der Waals surface area (Å²) in [5.41, 5.74) is 5.62. The van der Waals surface area contributed by atoms with Crippen molar-refractivity contribution in [3.63, 3.8) is 0 Å². The summed E-state index contributed by atoms with van der Waals surface area (Å²) in [6, 6.07) is 32.7. The van der Waals surface area contributed by atoms with Gasteiger partial charge in [0.15, 0.2) is 5.78 Å². The number of rotatable bonds is 13. The maximum Gasteiger partial charge on any atom is 0.343 e. The Labute approximate surface area is 232 Å². The second kappa shape index (κ2) is 14.2. The van der Waals surface area contributed by atoms with E-state index in [0.717, 1.165) is 23.1 Å². The van der Waals surface area contributed by atoms with Gasteiger partial charge in [-0.1, -0.05) is 113 Å². The molecule has 0 fully saturated rings. The second-order valence-corrected chi connectivity index (χ2v) is 10.2. The summed E-state index contributed by atoms with van der Waals surface area (Å²) in [6.45, 7) is 4.15. The van der Waals surface area contributed by atoms with Gasteiger partial charge in [-0.2, -0.15) is 0 Å². The van der Waals surface area contributed by atoms with Crippen LogP contribution >= 0.6 is 0 Å². The molecule has 0 saturated carbocycles. The molecule has 39 heavy (non-hydrogen) atoms. The molecule has 0 saturated heterocycles. The number of unbranched alkanes of at least 4 members (excludes halogenated alkanes) is 5. The van der Waals surface area contributed by atoms with E-state index in [1.807, 2.05) is 49.4 Å². The number of ketones is 1. The van der Waals surface area contributed by atoms with Gasteiger partial charge in [0.1, 0.15) is 5.75 Å². The molecule has 4 rings (SSSR count). The highest BCUT2D eigenvalue weighted by Gasteiger charge is 2.17. The highest BCUT2D eigenvalue weighted by Crippen LogP contribution is 2.24. The van der Waals surface area contributed by atoms with Crippen molar-refractivity contribution in [3.05, 3.63) is 125 Å². The molecule has 0 radical (unpaired) electrons. The molecular weight excluding hydrogens is 480 g/mol. The third kappa shape index (κ3) is 8.00. The van der Waals surface area contributed by atoms with Gasteiger partial charge in [0, 0.05) is 11.5 Å². The summed E-state index contributed by atoms with van der Waals surface area (Å²) in [6.07, 6.45) is 8.98. The molecule has 3 heteroatoms. The average molecular weight is 519 g/mol. The van der Waals surface area contributed by atoms with Gasteiger partial charge in [-0.25, -0.2) is 4.79 Å². The van der Waals surface area contributed by atoms with Crippen LogP contribution in [0.1, 0.15) is 90.1 Å². The molecule has 0 aliphatic heterocycles. The normalized spacial score (nSPS) is 11.6. The molecule has 0 heterocycles. The molecule has 0 spiro atoms. The molecule has 200 valence electrons. The van der Waals surface area contributed by atoms with Crippen LogP contribution in [0.4, 0.5) is 0 Å². The summed E-state index contributed by atoms with van der Waals surface area (Å²) in [5.74, 6) is -0.221. The van der Waals surface area contributed by atoms with Gasteiger partial charge in [0.05, 0.1) is 5.56 Å². The molecular formula is C36H38O3. The zero-order valence-corrected chi connectivity index (χ0v) is 23.1. The zero-order chi connectivity index (χ0) is 27.5. The first-order chi connectivity index (χ1) is 19.0. The van der Waals surface area contributed by atoms with Crippen molar-refractivity contribution in [2.24, 2.45) is 0 Å². The molecule has 3 nitrogen and oxygen atoms in total.